The van der Waals surface area contributed by atoms with Gasteiger partial charge in [-0.05, 0) is 66.4 Å². The van der Waals surface area contributed by atoms with Crippen molar-refractivity contribution in [2.24, 2.45) is 0 Å². The molecule has 0 heterocycles. The molecule has 0 aromatic heterocycles. The van der Waals surface area contributed by atoms with Gasteiger partial charge >= 0.3 is 0 Å². The fraction of sp³-hybridized carbons (Fsp3) is 0.241. The van der Waals surface area contributed by atoms with Crippen LogP contribution >= 0.6 is 0 Å². The SMILES string of the molecule is O=C(NCCO)/C(=C/c1ccc(OC2CC2)cc1)NC(=O)c1ccc(OCCc2ccccc2)cc1. The molecule has 0 radical (unpaired) electrons. The fourth-order valence-electron chi connectivity index (χ4n) is 3.44. The molecule has 1 saturated carbocycles. The van der Waals surface area contributed by atoms with Crippen LogP contribution in [0.15, 0.2) is 84.6 Å². The molecular weight excluding hydrogens is 456 g/mol. The average Bonchev–Trinajstić information content (AvgIpc) is 3.73. The quantitative estimate of drug-likeness (QED) is 0.339. The van der Waals surface area contributed by atoms with Gasteiger partial charge in [-0.1, -0.05) is 42.5 Å². The first-order valence-corrected chi connectivity index (χ1v) is 12.1. The minimum atomic E-state index is -0.489. The minimum Gasteiger partial charge on any atom is -0.493 e. The van der Waals surface area contributed by atoms with E-state index in [1.54, 1.807) is 30.3 Å². The largest absolute Gasteiger partial charge is 0.493 e. The Morgan fingerprint density at radius 3 is 2.28 bits per heavy atom. The number of aliphatic hydroxyl groups is 1. The highest BCUT2D eigenvalue weighted by Gasteiger charge is 2.23. The smallest absolute Gasteiger partial charge is 0.267 e. The summed E-state index contributed by atoms with van der Waals surface area (Å²) in [6, 6.07) is 24.2. The number of carbonyl (C=O) groups excluding carboxylic acids is 2. The number of aliphatic hydroxyl groups excluding tert-OH is 1. The van der Waals surface area contributed by atoms with E-state index in [9.17, 15) is 9.59 Å². The van der Waals surface area contributed by atoms with E-state index >= 15 is 0 Å². The molecule has 0 bridgehead atoms. The predicted molar refractivity (Wildman–Crippen MR) is 138 cm³/mol. The zero-order chi connectivity index (χ0) is 25.2. The van der Waals surface area contributed by atoms with Gasteiger partial charge in [-0.3, -0.25) is 9.59 Å². The monoisotopic (exact) mass is 486 g/mol. The van der Waals surface area contributed by atoms with Gasteiger partial charge in [0.1, 0.15) is 17.2 Å². The van der Waals surface area contributed by atoms with Crippen molar-refractivity contribution in [3.63, 3.8) is 0 Å². The Hall–Kier alpha value is -4.10. The highest BCUT2D eigenvalue weighted by molar-refractivity contribution is 6.05. The van der Waals surface area contributed by atoms with Gasteiger partial charge in [-0.25, -0.2) is 0 Å². The summed E-state index contributed by atoms with van der Waals surface area (Å²) in [6.07, 6.45) is 4.82. The predicted octanol–water partition coefficient (Wildman–Crippen LogP) is 3.73. The lowest BCUT2D eigenvalue weighted by atomic mass is 10.1. The van der Waals surface area contributed by atoms with Gasteiger partial charge in [-0.2, -0.15) is 0 Å². The Balaban J connectivity index is 1.38. The van der Waals surface area contributed by atoms with Crippen LogP contribution < -0.4 is 20.1 Å². The molecule has 1 fully saturated rings. The van der Waals surface area contributed by atoms with Crippen LogP contribution in [0.4, 0.5) is 0 Å². The number of carbonyl (C=O) groups is 2. The first-order chi connectivity index (χ1) is 17.6. The van der Waals surface area contributed by atoms with Gasteiger partial charge in [0, 0.05) is 18.5 Å². The molecule has 186 valence electrons. The topological polar surface area (TPSA) is 96.9 Å². The van der Waals surface area contributed by atoms with Gasteiger partial charge in [0.25, 0.3) is 11.8 Å². The molecule has 7 nitrogen and oxygen atoms in total. The number of benzene rings is 3. The van der Waals surface area contributed by atoms with Gasteiger partial charge < -0.3 is 25.2 Å². The zero-order valence-corrected chi connectivity index (χ0v) is 20.0. The minimum absolute atomic E-state index is 0.0764. The van der Waals surface area contributed by atoms with Crippen LogP contribution in [0.25, 0.3) is 6.08 Å². The third-order valence-corrected chi connectivity index (χ3v) is 5.53. The summed E-state index contributed by atoms with van der Waals surface area (Å²) < 4.78 is 11.5. The van der Waals surface area contributed by atoms with E-state index in [0.717, 1.165) is 30.6 Å². The second-order valence-electron chi connectivity index (χ2n) is 8.49. The molecule has 3 N–H and O–H groups in total. The number of hydrogen-bond donors (Lipinski definition) is 3. The molecule has 0 unspecified atom stereocenters. The molecule has 7 heteroatoms. The molecular formula is C29H30N2O5. The molecule has 2 amide bonds. The van der Waals surface area contributed by atoms with Gasteiger partial charge in [0.2, 0.25) is 0 Å². The molecule has 0 saturated heterocycles. The van der Waals surface area contributed by atoms with Crippen LogP contribution in [-0.4, -0.2) is 42.8 Å². The summed E-state index contributed by atoms with van der Waals surface area (Å²) in [7, 11) is 0. The maximum atomic E-state index is 12.9. The number of hydrogen-bond acceptors (Lipinski definition) is 5. The maximum Gasteiger partial charge on any atom is 0.267 e. The molecule has 1 aliphatic carbocycles. The van der Waals surface area contributed by atoms with Crippen molar-refractivity contribution in [3.05, 3.63) is 101 Å². The third kappa shape index (κ3) is 7.71. The molecule has 1 aliphatic rings. The summed E-state index contributed by atoms with van der Waals surface area (Å²) in [5, 5.41) is 14.3. The molecule has 0 aliphatic heterocycles. The van der Waals surface area contributed by atoms with Crippen LogP contribution in [0.2, 0.25) is 0 Å². The van der Waals surface area contributed by atoms with E-state index in [1.807, 2.05) is 42.5 Å². The second-order valence-corrected chi connectivity index (χ2v) is 8.49. The van der Waals surface area contributed by atoms with Crippen molar-refractivity contribution in [3.8, 4) is 11.5 Å². The molecule has 3 aromatic carbocycles. The lowest BCUT2D eigenvalue weighted by Crippen LogP contribution is -2.36. The first-order valence-electron chi connectivity index (χ1n) is 12.1. The van der Waals surface area contributed by atoms with E-state index in [1.165, 1.54) is 5.56 Å². The van der Waals surface area contributed by atoms with Crippen LogP contribution in [0.3, 0.4) is 0 Å². The maximum absolute atomic E-state index is 12.9. The lowest BCUT2D eigenvalue weighted by Gasteiger charge is -2.12. The standard InChI is InChI=1S/C29H30N2O5/c32-18-17-30-29(34)27(20-22-6-10-25(11-7-22)36-26-14-15-26)31-28(33)23-8-12-24(13-9-23)35-19-16-21-4-2-1-3-5-21/h1-13,20,26,32H,14-19H2,(H,30,34)(H,31,33)/b27-20-. The van der Waals surface area contributed by atoms with Crippen molar-refractivity contribution in [1.29, 1.82) is 0 Å². The highest BCUT2D eigenvalue weighted by Crippen LogP contribution is 2.27. The van der Waals surface area contributed by atoms with Crippen LogP contribution in [-0.2, 0) is 11.2 Å². The number of amides is 2. The molecule has 36 heavy (non-hydrogen) atoms. The number of ether oxygens (including phenoxy) is 2. The fourth-order valence-corrected chi connectivity index (χ4v) is 3.44. The lowest BCUT2D eigenvalue weighted by molar-refractivity contribution is -0.117. The first kappa shape index (κ1) is 25.0. The Bertz CT molecular complexity index is 1170. The van der Waals surface area contributed by atoms with Crippen molar-refractivity contribution in [1.82, 2.24) is 10.6 Å². The molecule has 4 rings (SSSR count). The Morgan fingerprint density at radius 1 is 0.917 bits per heavy atom. The summed E-state index contributed by atoms with van der Waals surface area (Å²) in [5.74, 6) is 0.518. The highest BCUT2D eigenvalue weighted by atomic mass is 16.5. The van der Waals surface area contributed by atoms with E-state index in [-0.39, 0.29) is 18.8 Å². The molecule has 0 spiro atoms. The van der Waals surface area contributed by atoms with E-state index in [2.05, 4.69) is 22.8 Å². The summed E-state index contributed by atoms with van der Waals surface area (Å²) >= 11 is 0. The van der Waals surface area contributed by atoms with Crippen LogP contribution in [0.5, 0.6) is 11.5 Å². The normalized spacial score (nSPS) is 13.1. The van der Waals surface area contributed by atoms with E-state index in [4.69, 9.17) is 14.6 Å². The second kappa shape index (κ2) is 12.6. The van der Waals surface area contributed by atoms with Crippen molar-refractivity contribution < 1.29 is 24.2 Å². The van der Waals surface area contributed by atoms with Crippen molar-refractivity contribution >= 4 is 17.9 Å². The number of nitrogens with one attached hydrogen (secondary N) is 2. The van der Waals surface area contributed by atoms with Crippen LogP contribution in [0, 0.1) is 0 Å². The summed E-state index contributed by atoms with van der Waals surface area (Å²) in [4.78, 5) is 25.5. The molecule has 0 atom stereocenters. The Kier molecular flexibility index (Phi) is 8.72. The number of rotatable bonds is 12. The van der Waals surface area contributed by atoms with Crippen molar-refractivity contribution in [2.75, 3.05) is 19.8 Å². The van der Waals surface area contributed by atoms with Gasteiger partial charge in [0.15, 0.2) is 0 Å². The summed E-state index contributed by atoms with van der Waals surface area (Å²) in [5.41, 5.74) is 2.39. The third-order valence-electron chi connectivity index (χ3n) is 5.53. The van der Waals surface area contributed by atoms with E-state index < -0.39 is 11.8 Å². The van der Waals surface area contributed by atoms with E-state index in [0.29, 0.717) is 24.0 Å². The Morgan fingerprint density at radius 2 is 1.61 bits per heavy atom. The average molecular weight is 487 g/mol. The van der Waals surface area contributed by atoms with Crippen molar-refractivity contribution in [2.45, 2.75) is 25.4 Å². The van der Waals surface area contributed by atoms with Crippen LogP contribution in [0.1, 0.15) is 34.3 Å². The Labute approximate surface area is 210 Å². The van der Waals surface area contributed by atoms with Gasteiger partial charge in [0.05, 0.1) is 19.3 Å². The van der Waals surface area contributed by atoms with Gasteiger partial charge in [-0.15, -0.1) is 0 Å². The summed E-state index contributed by atoms with van der Waals surface area (Å²) in [6.45, 7) is 0.402. The molecule has 3 aromatic rings. The zero-order valence-electron chi connectivity index (χ0n) is 20.0.